The molecule has 1 saturated heterocycles. The first-order valence-corrected chi connectivity index (χ1v) is 9.06. The third-order valence-corrected chi connectivity index (χ3v) is 5.00. The van der Waals surface area contributed by atoms with Crippen LogP contribution in [0.3, 0.4) is 0 Å². The molecule has 1 aromatic rings. The van der Waals surface area contributed by atoms with Crippen molar-refractivity contribution in [2.24, 2.45) is 0 Å². The minimum absolute atomic E-state index is 0.166. The Hall–Kier alpha value is -0.850. The maximum Gasteiger partial charge on any atom is 0.289 e. The van der Waals surface area contributed by atoms with Crippen LogP contribution >= 0.6 is 11.8 Å². The van der Waals surface area contributed by atoms with Crippen molar-refractivity contribution in [2.75, 3.05) is 33.3 Å². The van der Waals surface area contributed by atoms with Gasteiger partial charge in [-0.3, -0.25) is 0 Å². The van der Waals surface area contributed by atoms with Crippen molar-refractivity contribution in [3.05, 3.63) is 23.8 Å². The first-order valence-electron chi connectivity index (χ1n) is 8.18. The van der Waals surface area contributed by atoms with Crippen molar-refractivity contribution in [3.8, 4) is 5.75 Å². The Morgan fingerprint density at radius 2 is 2.00 bits per heavy atom. The van der Waals surface area contributed by atoms with Gasteiger partial charge >= 0.3 is 0 Å². The lowest BCUT2D eigenvalue weighted by Gasteiger charge is -2.27. The topological polar surface area (TPSA) is 24.5 Å². The molecular weight excluding hydrogens is 318 g/mol. The molecule has 2 rings (SSSR count). The van der Waals surface area contributed by atoms with Crippen molar-refractivity contribution in [3.63, 3.8) is 0 Å². The highest BCUT2D eigenvalue weighted by atomic mass is 32.2. The number of piperidine rings is 1. The molecule has 1 aliphatic rings. The van der Waals surface area contributed by atoms with Gasteiger partial charge in [0.25, 0.3) is 5.76 Å². The number of hydrogen-bond donors (Lipinski definition) is 1. The molecule has 1 heterocycles. The molecule has 0 radical (unpaired) electrons. The molecule has 1 atom stereocenters. The summed E-state index contributed by atoms with van der Waals surface area (Å²) in [5, 5.41) is 3.51. The van der Waals surface area contributed by atoms with Gasteiger partial charge in [-0.15, -0.1) is 0 Å². The Kier molecular flexibility index (Phi) is 7.59. The molecule has 1 unspecified atom stereocenters. The van der Waals surface area contributed by atoms with Crippen LogP contribution in [0.1, 0.15) is 37.8 Å². The molecule has 6 heteroatoms. The van der Waals surface area contributed by atoms with Gasteiger partial charge in [0, 0.05) is 19.1 Å². The number of hydrogen-bond acceptors (Lipinski definition) is 4. The normalized spacial score (nSPS) is 17.4. The van der Waals surface area contributed by atoms with Gasteiger partial charge < -0.3 is 15.0 Å². The second-order valence-electron chi connectivity index (χ2n) is 5.87. The predicted octanol–water partition coefficient (Wildman–Crippen LogP) is 4.15. The lowest BCUT2D eigenvalue weighted by Crippen LogP contribution is -2.36. The van der Waals surface area contributed by atoms with Crippen LogP contribution in [0.15, 0.2) is 23.1 Å². The minimum Gasteiger partial charge on any atom is -0.496 e. The predicted molar refractivity (Wildman–Crippen MR) is 91.6 cm³/mol. The van der Waals surface area contributed by atoms with Crippen molar-refractivity contribution in [1.29, 1.82) is 0 Å². The van der Waals surface area contributed by atoms with Crippen molar-refractivity contribution in [1.82, 2.24) is 10.2 Å². The second kappa shape index (κ2) is 9.45. The number of nitrogens with zero attached hydrogens (tertiary/aromatic N) is 1. The van der Waals surface area contributed by atoms with Gasteiger partial charge in [-0.2, -0.15) is 8.78 Å². The van der Waals surface area contributed by atoms with E-state index in [2.05, 4.69) is 17.1 Å². The average molecular weight is 344 g/mol. The summed E-state index contributed by atoms with van der Waals surface area (Å²) in [6.45, 7) is 6.47. The minimum atomic E-state index is -2.44. The van der Waals surface area contributed by atoms with Crippen LogP contribution in [-0.2, 0) is 0 Å². The van der Waals surface area contributed by atoms with E-state index >= 15 is 0 Å². The molecule has 0 bridgehead atoms. The Morgan fingerprint density at radius 3 is 2.65 bits per heavy atom. The summed E-state index contributed by atoms with van der Waals surface area (Å²) >= 11 is 0.521. The number of methoxy groups -OCH3 is 1. The zero-order chi connectivity index (χ0) is 16.7. The Labute approximate surface area is 141 Å². The van der Waals surface area contributed by atoms with Crippen LogP contribution in [0, 0.1) is 0 Å². The first-order chi connectivity index (χ1) is 11.1. The number of rotatable bonds is 8. The van der Waals surface area contributed by atoms with E-state index in [0.717, 1.165) is 18.7 Å². The van der Waals surface area contributed by atoms with Gasteiger partial charge in [-0.05, 0) is 50.6 Å². The maximum atomic E-state index is 12.5. The molecule has 0 amide bonds. The number of benzene rings is 1. The monoisotopic (exact) mass is 344 g/mol. The fourth-order valence-corrected chi connectivity index (χ4v) is 3.48. The van der Waals surface area contributed by atoms with Crippen LogP contribution in [0.25, 0.3) is 0 Å². The van der Waals surface area contributed by atoms with E-state index in [1.165, 1.54) is 39.5 Å². The van der Waals surface area contributed by atoms with Crippen LogP contribution in [0.5, 0.6) is 5.75 Å². The van der Waals surface area contributed by atoms with Crippen LogP contribution in [-0.4, -0.2) is 43.9 Å². The number of ether oxygens (including phenoxy) is 1. The summed E-state index contributed by atoms with van der Waals surface area (Å²) in [6, 6.07) is 5.63. The van der Waals surface area contributed by atoms with Crippen molar-refractivity contribution >= 4 is 11.8 Å². The highest BCUT2D eigenvalue weighted by molar-refractivity contribution is 7.99. The zero-order valence-electron chi connectivity index (χ0n) is 13.9. The number of thioether (sulfide) groups is 1. The highest BCUT2D eigenvalue weighted by Gasteiger charge is 2.14. The van der Waals surface area contributed by atoms with E-state index in [-0.39, 0.29) is 6.04 Å². The quantitative estimate of drug-likeness (QED) is 0.716. The molecule has 1 N–H and O–H groups in total. The molecular formula is C17H26F2N2OS. The average Bonchev–Trinajstić information content (AvgIpc) is 2.55. The van der Waals surface area contributed by atoms with E-state index in [1.54, 1.807) is 6.07 Å². The fraction of sp³-hybridized carbons (Fsp3) is 0.647. The first kappa shape index (κ1) is 18.5. The molecule has 1 aliphatic heterocycles. The summed E-state index contributed by atoms with van der Waals surface area (Å²) < 4.78 is 30.3. The Bertz CT molecular complexity index is 482. The molecule has 1 aromatic carbocycles. The van der Waals surface area contributed by atoms with E-state index < -0.39 is 5.76 Å². The van der Waals surface area contributed by atoms with Gasteiger partial charge in [0.2, 0.25) is 0 Å². The van der Waals surface area contributed by atoms with E-state index in [4.69, 9.17) is 4.74 Å². The largest absolute Gasteiger partial charge is 0.496 e. The summed E-state index contributed by atoms with van der Waals surface area (Å²) in [5.74, 6) is -1.92. The number of likely N-dealkylation sites (tertiary alicyclic amines) is 1. The molecule has 23 heavy (non-hydrogen) atoms. The maximum absolute atomic E-state index is 12.5. The number of alkyl halides is 2. The summed E-state index contributed by atoms with van der Waals surface area (Å²) in [7, 11) is 1.52. The molecule has 0 aromatic heterocycles. The lowest BCUT2D eigenvalue weighted by molar-refractivity contribution is 0.227. The van der Waals surface area contributed by atoms with Gasteiger partial charge in [0.15, 0.2) is 0 Å². The van der Waals surface area contributed by atoms with Crippen LogP contribution in [0.2, 0.25) is 0 Å². The third-order valence-electron chi connectivity index (χ3n) is 4.23. The molecule has 1 fully saturated rings. The van der Waals surface area contributed by atoms with E-state index in [1.807, 2.05) is 12.1 Å². The molecule has 130 valence electrons. The zero-order valence-corrected chi connectivity index (χ0v) is 14.7. The summed E-state index contributed by atoms with van der Waals surface area (Å²) in [5.41, 5.74) is 1.05. The standard InChI is InChI=1S/C17H26F2N2OS/c1-13(20-8-11-21-9-4-3-5-10-21)14-6-7-16(23-17(18)19)15(12-14)22-2/h6-7,12-13,17,20H,3-5,8-11H2,1-2H3. The van der Waals surface area contributed by atoms with Gasteiger partial charge in [-0.25, -0.2) is 0 Å². The van der Waals surface area contributed by atoms with Crippen LogP contribution < -0.4 is 10.1 Å². The van der Waals surface area contributed by atoms with E-state index in [0.29, 0.717) is 22.4 Å². The summed E-state index contributed by atoms with van der Waals surface area (Å²) in [4.78, 5) is 2.97. The fourth-order valence-electron chi connectivity index (χ4n) is 2.89. The summed E-state index contributed by atoms with van der Waals surface area (Å²) in [6.07, 6.45) is 3.95. The van der Waals surface area contributed by atoms with Gasteiger partial charge in [-0.1, -0.05) is 24.2 Å². The SMILES string of the molecule is COc1cc(C(C)NCCN2CCCCC2)ccc1SC(F)F. The third kappa shape index (κ3) is 5.94. The number of halogens is 2. The number of nitrogens with one attached hydrogen (secondary N) is 1. The van der Waals surface area contributed by atoms with Gasteiger partial charge in [0.1, 0.15) is 5.75 Å². The smallest absolute Gasteiger partial charge is 0.289 e. The molecule has 3 nitrogen and oxygen atoms in total. The molecule has 0 spiro atoms. The highest BCUT2D eigenvalue weighted by Crippen LogP contribution is 2.35. The van der Waals surface area contributed by atoms with Crippen molar-refractivity contribution in [2.45, 2.75) is 42.9 Å². The lowest BCUT2D eigenvalue weighted by atomic mass is 10.1. The Morgan fingerprint density at radius 1 is 1.26 bits per heavy atom. The van der Waals surface area contributed by atoms with Crippen LogP contribution in [0.4, 0.5) is 8.78 Å². The second-order valence-corrected chi connectivity index (χ2v) is 6.90. The van der Waals surface area contributed by atoms with Gasteiger partial charge in [0.05, 0.1) is 12.0 Å². The Balaban J connectivity index is 1.86. The van der Waals surface area contributed by atoms with E-state index in [9.17, 15) is 8.78 Å². The van der Waals surface area contributed by atoms with Crippen molar-refractivity contribution < 1.29 is 13.5 Å². The molecule has 0 saturated carbocycles. The molecule has 0 aliphatic carbocycles.